The zero-order valence-corrected chi connectivity index (χ0v) is 11.4. The number of carbonyl (C=O) groups excluding carboxylic acids is 1. The van der Waals surface area contributed by atoms with Crippen molar-refractivity contribution in [2.45, 2.75) is 13.5 Å². The fraction of sp³-hybridized carbons (Fsp3) is 0.308. The molecule has 0 saturated carbocycles. The maximum atomic E-state index is 11.8. The Kier molecular flexibility index (Phi) is 4.19. The summed E-state index contributed by atoms with van der Waals surface area (Å²) < 4.78 is 12.2. The van der Waals surface area contributed by atoms with Crippen LogP contribution in [0.2, 0.25) is 0 Å². The van der Waals surface area contributed by atoms with Crippen molar-refractivity contribution in [2.75, 3.05) is 12.3 Å². The van der Waals surface area contributed by atoms with Crippen molar-refractivity contribution < 1.29 is 14.3 Å². The molecular weight excluding hydrogens is 260 g/mol. The highest BCUT2D eigenvalue weighted by Crippen LogP contribution is 2.23. The second-order valence-electron chi connectivity index (χ2n) is 4.06. The normalized spacial score (nSPS) is 10.3. The lowest BCUT2D eigenvalue weighted by Gasteiger charge is -2.11. The van der Waals surface area contributed by atoms with Crippen LogP contribution in [-0.2, 0) is 18.4 Å². The lowest BCUT2D eigenvalue weighted by molar-refractivity contribution is 0.0521. The van der Waals surface area contributed by atoms with Gasteiger partial charge in [0.25, 0.3) is 0 Å². The van der Waals surface area contributed by atoms with E-state index in [9.17, 15) is 4.79 Å². The Morgan fingerprint density at radius 2 is 2.25 bits per heavy atom. The lowest BCUT2D eigenvalue weighted by Crippen LogP contribution is -2.10. The van der Waals surface area contributed by atoms with E-state index in [1.807, 2.05) is 0 Å². The molecule has 7 heteroatoms. The number of anilines is 1. The van der Waals surface area contributed by atoms with Gasteiger partial charge in [0.15, 0.2) is 5.82 Å². The zero-order valence-electron chi connectivity index (χ0n) is 11.4. The maximum absolute atomic E-state index is 11.8. The molecule has 1 heterocycles. The summed E-state index contributed by atoms with van der Waals surface area (Å²) in [6.07, 6.45) is 1.43. The van der Waals surface area contributed by atoms with Crippen molar-refractivity contribution in [3.8, 4) is 5.75 Å². The standard InChI is InChI=1S/C13H16N4O3/c1-3-19-13(18)10-5-4-9(14)6-11(10)20-7-12-15-8-16-17(12)2/h4-6,8H,3,7,14H2,1-2H3. The van der Waals surface area contributed by atoms with Gasteiger partial charge in [0, 0.05) is 18.8 Å². The maximum Gasteiger partial charge on any atom is 0.341 e. The largest absolute Gasteiger partial charge is 0.485 e. The molecule has 0 amide bonds. The van der Waals surface area contributed by atoms with Crippen LogP contribution in [0.15, 0.2) is 24.5 Å². The summed E-state index contributed by atoms with van der Waals surface area (Å²) >= 11 is 0. The number of nitrogens with two attached hydrogens (primary N) is 1. The van der Waals surface area contributed by atoms with Crippen LogP contribution in [0.4, 0.5) is 5.69 Å². The molecule has 0 aliphatic rings. The van der Waals surface area contributed by atoms with Crippen molar-refractivity contribution in [3.05, 3.63) is 35.9 Å². The number of carbonyl (C=O) groups is 1. The summed E-state index contributed by atoms with van der Waals surface area (Å²) in [6.45, 7) is 2.23. The number of aromatic nitrogens is 3. The average molecular weight is 276 g/mol. The van der Waals surface area contributed by atoms with E-state index in [0.717, 1.165) is 0 Å². The summed E-state index contributed by atoms with van der Waals surface area (Å²) in [6, 6.07) is 4.80. The molecular formula is C13H16N4O3. The van der Waals surface area contributed by atoms with E-state index >= 15 is 0 Å². The van der Waals surface area contributed by atoms with Gasteiger partial charge in [0.05, 0.1) is 6.61 Å². The topological polar surface area (TPSA) is 92.3 Å². The minimum absolute atomic E-state index is 0.187. The molecule has 0 atom stereocenters. The Bertz CT molecular complexity index is 609. The number of benzene rings is 1. The molecule has 0 spiro atoms. The van der Waals surface area contributed by atoms with E-state index in [1.165, 1.54) is 6.33 Å². The van der Waals surface area contributed by atoms with E-state index in [4.69, 9.17) is 15.2 Å². The third kappa shape index (κ3) is 3.05. The van der Waals surface area contributed by atoms with Gasteiger partial charge in [-0.3, -0.25) is 4.68 Å². The van der Waals surface area contributed by atoms with Crippen LogP contribution >= 0.6 is 0 Å². The van der Waals surface area contributed by atoms with Crippen LogP contribution in [0.25, 0.3) is 0 Å². The third-order valence-electron chi connectivity index (χ3n) is 2.66. The molecule has 2 rings (SSSR count). The molecule has 20 heavy (non-hydrogen) atoms. The Hall–Kier alpha value is -2.57. The highest BCUT2D eigenvalue weighted by atomic mass is 16.5. The van der Waals surface area contributed by atoms with E-state index < -0.39 is 5.97 Å². The van der Waals surface area contributed by atoms with Gasteiger partial charge in [-0.15, -0.1) is 0 Å². The Labute approximate surface area is 116 Å². The van der Waals surface area contributed by atoms with Gasteiger partial charge in [-0.1, -0.05) is 0 Å². The van der Waals surface area contributed by atoms with E-state index in [1.54, 1.807) is 36.9 Å². The summed E-state index contributed by atoms with van der Waals surface area (Å²) in [5.41, 5.74) is 6.56. The molecule has 0 bridgehead atoms. The predicted octanol–water partition coefficient (Wildman–Crippen LogP) is 1.15. The van der Waals surface area contributed by atoms with Gasteiger partial charge in [-0.2, -0.15) is 5.10 Å². The molecule has 0 saturated heterocycles. The van der Waals surface area contributed by atoms with Crippen LogP contribution in [0.1, 0.15) is 23.1 Å². The molecule has 0 fully saturated rings. The molecule has 0 radical (unpaired) electrons. The van der Waals surface area contributed by atoms with E-state index in [2.05, 4.69) is 10.1 Å². The predicted molar refractivity (Wildman–Crippen MR) is 72.1 cm³/mol. The molecule has 0 aliphatic heterocycles. The van der Waals surface area contributed by atoms with Gasteiger partial charge in [0.1, 0.15) is 24.2 Å². The van der Waals surface area contributed by atoms with Gasteiger partial charge >= 0.3 is 5.97 Å². The van der Waals surface area contributed by atoms with Gasteiger partial charge in [-0.25, -0.2) is 9.78 Å². The van der Waals surface area contributed by atoms with Crippen molar-refractivity contribution in [3.63, 3.8) is 0 Å². The highest BCUT2D eigenvalue weighted by molar-refractivity contribution is 5.93. The molecule has 0 aliphatic carbocycles. The highest BCUT2D eigenvalue weighted by Gasteiger charge is 2.15. The third-order valence-corrected chi connectivity index (χ3v) is 2.66. The number of nitrogen functional groups attached to an aromatic ring is 1. The Balaban J connectivity index is 2.19. The SMILES string of the molecule is CCOC(=O)c1ccc(N)cc1OCc1ncnn1C. The number of hydrogen-bond acceptors (Lipinski definition) is 6. The molecule has 2 aromatic rings. The number of ether oxygens (including phenoxy) is 2. The number of aryl methyl sites for hydroxylation is 1. The van der Waals surface area contributed by atoms with E-state index in [-0.39, 0.29) is 6.61 Å². The van der Waals surface area contributed by atoms with E-state index in [0.29, 0.717) is 29.4 Å². The summed E-state index contributed by atoms with van der Waals surface area (Å²) in [7, 11) is 1.76. The van der Waals surface area contributed by atoms with Crippen molar-refractivity contribution >= 4 is 11.7 Å². The number of esters is 1. The molecule has 106 valence electrons. The Morgan fingerprint density at radius 1 is 1.45 bits per heavy atom. The second-order valence-corrected chi connectivity index (χ2v) is 4.06. The zero-order chi connectivity index (χ0) is 14.5. The van der Waals surface area contributed by atoms with Crippen molar-refractivity contribution in [1.82, 2.24) is 14.8 Å². The van der Waals surface area contributed by atoms with Crippen LogP contribution in [-0.4, -0.2) is 27.3 Å². The summed E-state index contributed by atoms with van der Waals surface area (Å²) in [5, 5.41) is 3.94. The monoisotopic (exact) mass is 276 g/mol. The van der Waals surface area contributed by atoms with Gasteiger partial charge in [0.2, 0.25) is 0 Å². The molecule has 1 aromatic carbocycles. The van der Waals surface area contributed by atoms with Crippen LogP contribution < -0.4 is 10.5 Å². The fourth-order valence-electron chi connectivity index (χ4n) is 1.63. The van der Waals surface area contributed by atoms with Crippen LogP contribution in [0, 0.1) is 0 Å². The first-order chi connectivity index (χ1) is 9.61. The quantitative estimate of drug-likeness (QED) is 0.650. The van der Waals surface area contributed by atoms with Crippen molar-refractivity contribution in [2.24, 2.45) is 7.05 Å². The fourth-order valence-corrected chi connectivity index (χ4v) is 1.63. The second kappa shape index (κ2) is 6.05. The first kappa shape index (κ1) is 13.9. The van der Waals surface area contributed by atoms with Crippen LogP contribution in [0.3, 0.4) is 0 Å². The van der Waals surface area contributed by atoms with Gasteiger partial charge in [-0.05, 0) is 19.1 Å². The summed E-state index contributed by atoms with van der Waals surface area (Å²) in [5.74, 6) is 0.564. The first-order valence-corrected chi connectivity index (χ1v) is 6.14. The Morgan fingerprint density at radius 3 is 2.90 bits per heavy atom. The summed E-state index contributed by atoms with van der Waals surface area (Å²) in [4.78, 5) is 15.9. The van der Waals surface area contributed by atoms with Crippen LogP contribution in [0.5, 0.6) is 5.75 Å². The number of hydrogen-bond donors (Lipinski definition) is 1. The first-order valence-electron chi connectivity index (χ1n) is 6.14. The minimum atomic E-state index is -0.444. The molecule has 0 unspecified atom stereocenters. The smallest absolute Gasteiger partial charge is 0.341 e. The minimum Gasteiger partial charge on any atom is -0.485 e. The van der Waals surface area contributed by atoms with Crippen molar-refractivity contribution in [1.29, 1.82) is 0 Å². The molecule has 1 aromatic heterocycles. The lowest BCUT2D eigenvalue weighted by atomic mass is 10.2. The molecule has 2 N–H and O–H groups in total. The average Bonchev–Trinajstić information content (AvgIpc) is 2.82. The number of rotatable bonds is 5. The molecule has 7 nitrogen and oxygen atoms in total. The number of nitrogens with zero attached hydrogens (tertiary/aromatic N) is 3. The van der Waals surface area contributed by atoms with Gasteiger partial charge < -0.3 is 15.2 Å².